The Bertz CT molecular complexity index is 472. The summed E-state index contributed by atoms with van der Waals surface area (Å²) in [5, 5.41) is 3.03. The van der Waals surface area contributed by atoms with Crippen molar-refractivity contribution >= 4 is 34.2 Å². The maximum absolute atomic E-state index is 13.0. The third kappa shape index (κ3) is 4.17. The van der Waals surface area contributed by atoms with Gasteiger partial charge >= 0.3 is 0 Å². The Labute approximate surface area is 133 Å². The Morgan fingerprint density at radius 1 is 1.40 bits per heavy atom. The van der Waals surface area contributed by atoms with E-state index < -0.39 is 0 Å². The second kappa shape index (κ2) is 7.96. The number of nitrogens with one attached hydrogen (secondary N) is 1. The molecule has 6 heteroatoms. The SMILES string of the molecule is Cl.NCC1CCCCC1NC(=O)c1ccc(F)cc1Br. The summed E-state index contributed by atoms with van der Waals surface area (Å²) in [5.74, 6) is -0.185. The number of halogens is 3. The summed E-state index contributed by atoms with van der Waals surface area (Å²) in [6.07, 6.45) is 4.32. The van der Waals surface area contributed by atoms with Crippen LogP contribution in [0.15, 0.2) is 22.7 Å². The van der Waals surface area contributed by atoms with Gasteiger partial charge in [0.05, 0.1) is 5.56 Å². The molecule has 1 aromatic carbocycles. The Balaban J connectivity index is 0.00000200. The maximum atomic E-state index is 13.0. The number of carbonyl (C=O) groups excluding carboxylic acids is 1. The summed E-state index contributed by atoms with van der Waals surface area (Å²) in [6, 6.07) is 4.22. The van der Waals surface area contributed by atoms with Crippen LogP contribution in [0.5, 0.6) is 0 Å². The van der Waals surface area contributed by atoms with Gasteiger partial charge in [0.25, 0.3) is 5.91 Å². The zero-order valence-electron chi connectivity index (χ0n) is 11.1. The minimum Gasteiger partial charge on any atom is -0.349 e. The van der Waals surface area contributed by atoms with E-state index in [2.05, 4.69) is 21.2 Å². The predicted molar refractivity (Wildman–Crippen MR) is 83.6 cm³/mol. The Morgan fingerprint density at radius 3 is 2.75 bits per heavy atom. The first kappa shape index (κ1) is 17.4. The second-order valence-corrected chi connectivity index (χ2v) is 5.84. The molecular weight excluding hydrogens is 347 g/mol. The highest BCUT2D eigenvalue weighted by atomic mass is 79.9. The van der Waals surface area contributed by atoms with Gasteiger partial charge in [-0.2, -0.15) is 0 Å². The number of amides is 1. The molecule has 1 aliphatic carbocycles. The summed E-state index contributed by atoms with van der Waals surface area (Å²) >= 11 is 3.22. The number of benzene rings is 1. The van der Waals surface area contributed by atoms with Gasteiger partial charge in [-0.15, -0.1) is 12.4 Å². The minimum atomic E-state index is -0.360. The molecular formula is C14H19BrClFN2O. The van der Waals surface area contributed by atoms with E-state index >= 15 is 0 Å². The molecule has 0 heterocycles. The maximum Gasteiger partial charge on any atom is 0.252 e. The van der Waals surface area contributed by atoms with Crippen LogP contribution in [0, 0.1) is 11.7 Å². The molecule has 0 aliphatic heterocycles. The van der Waals surface area contributed by atoms with Gasteiger partial charge in [0.2, 0.25) is 0 Å². The summed E-state index contributed by atoms with van der Waals surface area (Å²) in [4.78, 5) is 12.2. The van der Waals surface area contributed by atoms with Crippen molar-refractivity contribution in [3.8, 4) is 0 Å². The predicted octanol–water partition coefficient (Wildman–Crippen LogP) is 3.26. The van der Waals surface area contributed by atoms with Crippen molar-refractivity contribution in [1.82, 2.24) is 5.32 Å². The van der Waals surface area contributed by atoms with Crippen LogP contribution in [0.25, 0.3) is 0 Å². The fourth-order valence-corrected chi connectivity index (χ4v) is 3.13. The van der Waals surface area contributed by atoms with Crippen molar-refractivity contribution in [2.45, 2.75) is 31.7 Å². The highest BCUT2D eigenvalue weighted by Crippen LogP contribution is 2.25. The van der Waals surface area contributed by atoms with Gasteiger partial charge in [0.15, 0.2) is 0 Å². The standard InChI is InChI=1S/C14H18BrFN2O.ClH/c15-12-7-10(16)5-6-11(12)14(19)18-13-4-2-1-3-9(13)8-17;/h5-7,9,13H,1-4,8,17H2,(H,18,19);1H. The van der Waals surface area contributed by atoms with E-state index in [1.54, 1.807) is 0 Å². The molecule has 2 rings (SSSR count). The smallest absolute Gasteiger partial charge is 0.252 e. The lowest BCUT2D eigenvalue weighted by atomic mass is 9.84. The molecule has 20 heavy (non-hydrogen) atoms. The molecule has 0 spiro atoms. The quantitative estimate of drug-likeness (QED) is 0.864. The van der Waals surface area contributed by atoms with E-state index in [-0.39, 0.29) is 30.2 Å². The molecule has 0 bridgehead atoms. The van der Waals surface area contributed by atoms with Crippen molar-refractivity contribution in [2.24, 2.45) is 11.7 Å². The molecule has 1 aromatic rings. The Kier molecular flexibility index (Phi) is 6.92. The van der Waals surface area contributed by atoms with Gasteiger partial charge < -0.3 is 11.1 Å². The molecule has 0 aromatic heterocycles. The first-order valence-electron chi connectivity index (χ1n) is 6.58. The van der Waals surface area contributed by atoms with E-state index in [0.717, 1.165) is 19.3 Å². The molecule has 0 radical (unpaired) electrons. The zero-order chi connectivity index (χ0) is 13.8. The highest BCUT2D eigenvalue weighted by molar-refractivity contribution is 9.10. The monoisotopic (exact) mass is 364 g/mol. The molecule has 2 unspecified atom stereocenters. The Hall–Kier alpha value is -0.650. The molecule has 1 saturated carbocycles. The molecule has 1 amide bonds. The van der Waals surface area contributed by atoms with E-state index in [9.17, 15) is 9.18 Å². The summed E-state index contributed by atoms with van der Waals surface area (Å²) in [5.41, 5.74) is 6.21. The van der Waals surface area contributed by atoms with Crippen LogP contribution in [0.3, 0.4) is 0 Å². The second-order valence-electron chi connectivity index (χ2n) is 4.98. The van der Waals surface area contributed by atoms with Gasteiger partial charge in [-0.3, -0.25) is 4.79 Å². The van der Waals surface area contributed by atoms with Crippen LogP contribution < -0.4 is 11.1 Å². The van der Waals surface area contributed by atoms with Crippen molar-refractivity contribution in [3.63, 3.8) is 0 Å². The van der Waals surface area contributed by atoms with Crippen molar-refractivity contribution in [2.75, 3.05) is 6.54 Å². The number of nitrogens with two attached hydrogens (primary N) is 1. The van der Waals surface area contributed by atoms with Gasteiger partial charge in [-0.25, -0.2) is 4.39 Å². The minimum absolute atomic E-state index is 0. The Morgan fingerprint density at radius 2 is 2.10 bits per heavy atom. The van der Waals surface area contributed by atoms with Crippen LogP contribution >= 0.6 is 28.3 Å². The molecule has 3 nitrogen and oxygen atoms in total. The normalized spacial score (nSPS) is 21.9. The fourth-order valence-electron chi connectivity index (χ4n) is 2.60. The third-order valence-electron chi connectivity index (χ3n) is 3.70. The first-order chi connectivity index (χ1) is 9.11. The number of hydrogen-bond acceptors (Lipinski definition) is 2. The number of rotatable bonds is 3. The van der Waals surface area contributed by atoms with Crippen LogP contribution in [0.1, 0.15) is 36.0 Å². The lowest BCUT2D eigenvalue weighted by Gasteiger charge is -2.31. The first-order valence-corrected chi connectivity index (χ1v) is 7.37. The topological polar surface area (TPSA) is 55.1 Å². The molecule has 3 N–H and O–H groups in total. The van der Waals surface area contributed by atoms with E-state index in [0.29, 0.717) is 22.5 Å². The van der Waals surface area contributed by atoms with Gasteiger partial charge in [-0.05, 0) is 59.4 Å². The van der Waals surface area contributed by atoms with E-state index in [1.165, 1.54) is 24.6 Å². The zero-order valence-corrected chi connectivity index (χ0v) is 13.5. The summed E-state index contributed by atoms with van der Waals surface area (Å²) < 4.78 is 13.5. The summed E-state index contributed by atoms with van der Waals surface area (Å²) in [6.45, 7) is 0.593. The average molecular weight is 366 g/mol. The fraction of sp³-hybridized carbons (Fsp3) is 0.500. The van der Waals surface area contributed by atoms with Gasteiger partial charge in [-0.1, -0.05) is 12.8 Å². The number of carbonyl (C=O) groups is 1. The van der Waals surface area contributed by atoms with E-state index in [1.807, 2.05) is 0 Å². The molecule has 1 fully saturated rings. The van der Waals surface area contributed by atoms with Gasteiger partial charge in [0, 0.05) is 10.5 Å². The lowest BCUT2D eigenvalue weighted by Crippen LogP contribution is -2.44. The van der Waals surface area contributed by atoms with Crippen LogP contribution in [0.2, 0.25) is 0 Å². The van der Waals surface area contributed by atoms with Gasteiger partial charge in [0.1, 0.15) is 5.82 Å². The van der Waals surface area contributed by atoms with Crippen molar-refractivity contribution in [1.29, 1.82) is 0 Å². The lowest BCUT2D eigenvalue weighted by molar-refractivity contribution is 0.0907. The molecule has 2 atom stereocenters. The van der Waals surface area contributed by atoms with Crippen LogP contribution in [-0.2, 0) is 0 Å². The highest BCUT2D eigenvalue weighted by Gasteiger charge is 2.26. The van der Waals surface area contributed by atoms with Crippen molar-refractivity contribution < 1.29 is 9.18 Å². The third-order valence-corrected chi connectivity index (χ3v) is 4.36. The molecule has 1 aliphatic rings. The largest absolute Gasteiger partial charge is 0.349 e. The van der Waals surface area contributed by atoms with E-state index in [4.69, 9.17) is 5.73 Å². The molecule has 0 saturated heterocycles. The van der Waals surface area contributed by atoms with Crippen molar-refractivity contribution in [3.05, 3.63) is 34.1 Å². The number of hydrogen-bond donors (Lipinski definition) is 2. The summed E-state index contributed by atoms with van der Waals surface area (Å²) in [7, 11) is 0. The van der Waals surface area contributed by atoms with Crippen LogP contribution in [0.4, 0.5) is 4.39 Å². The van der Waals surface area contributed by atoms with Crippen LogP contribution in [-0.4, -0.2) is 18.5 Å². The average Bonchev–Trinajstić information content (AvgIpc) is 2.39. The molecule has 112 valence electrons.